The monoisotopic (exact) mass is 332 g/mol. The molecule has 25 heavy (non-hydrogen) atoms. The van der Waals surface area contributed by atoms with E-state index in [1.165, 1.54) is 7.11 Å². The lowest BCUT2D eigenvalue weighted by molar-refractivity contribution is 0.373. The number of nitrogens with zero attached hydrogens (tertiary/aromatic N) is 3. The van der Waals surface area contributed by atoms with E-state index >= 15 is 0 Å². The third kappa shape index (κ3) is 2.02. The summed E-state index contributed by atoms with van der Waals surface area (Å²) in [4.78, 5) is 4.14. The molecular weight excluding hydrogens is 316 g/mol. The number of aromatic amines is 1. The smallest absolute Gasteiger partial charge is 0.161 e. The van der Waals surface area contributed by atoms with Crippen LogP contribution in [0.25, 0.3) is 22.5 Å². The van der Waals surface area contributed by atoms with Gasteiger partial charge in [-0.3, -0.25) is 5.10 Å². The third-order valence-electron chi connectivity index (χ3n) is 4.80. The van der Waals surface area contributed by atoms with E-state index in [9.17, 15) is 5.11 Å². The van der Waals surface area contributed by atoms with Gasteiger partial charge in [0, 0.05) is 28.3 Å². The van der Waals surface area contributed by atoms with Gasteiger partial charge < -0.3 is 9.84 Å². The van der Waals surface area contributed by atoms with E-state index < -0.39 is 0 Å². The van der Waals surface area contributed by atoms with Gasteiger partial charge in [-0.2, -0.15) is 10.4 Å². The van der Waals surface area contributed by atoms with E-state index in [2.05, 4.69) is 29.0 Å². The number of ether oxygens (including phenoxy) is 1. The number of rotatable bonds is 2. The maximum Gasteiger partial charge on any atom is 0.161 e. The van der Waals surface area contributed by atoms with Crippen LogP contribution in [0.1, 0.15) is 30.7 Å². The standard InChI is InChI=1S/C19H16N4O2/c1-19(2)13-7-14(24)15(25-3)6-12(13)18-16(19)17(22-23-18)10-4-5-11(8-20)21-9-10/h4-7,9,24H,1-3H3,(H,22,23). The highest BCUT2D eigenvalue weighted by Crippen LogP contribution is 2.53. The highest BCUT2D eigenvalue weighted by atomic mass is 16.5. The van der Waals surface area contributed by atoms with Gasteiger partial charge in [-0.25, -0.2) is 4.98 Å². The Kier molecular flexibility index (Phi) is 3.09. The number of aromatic hydroxyl groups is 1. The molecule has 0 fully saturated rings. The minimum absolute atomic E-state index is 0.119. The van der Waals surface area contributed by atoms with Crippen LogP contribution in [-0.4, -0.2) is 27.4 Å². The minimum atomic E-state index is -0.343. The second-order valence-electron chi connectivity index (χ2n) is 6.56. The van der Waals surface area contributed by atoms with Crippen LogP contribution in [0.15, 0.2) is 30.5 Å². The zero-order valence-corrected chi connectivity index (χ0v) is 14.1. The van der Waals surface area contributed by atoms with E-state index in [-0.39, 0.29) is 11.2 Å². The lowest BCUT2D eigenvalue weighted by Crippen LogP contribution is -2.16. The first-order chi connectivity index (χ1) is 12.0. The molecule has 0 unspecified atom stereocenters. The lowest BCUT2D eigenvalue weighted by Gasteiger charge is -2.22. The van der Waals surface area contributed by atoms with Crippen molar-refractivity contribution in [1.29, 1.82) is 5.26 Å². The number of aromatic nitrogens is 3. The molecular formula is C19H16N4O2. The molecule has 0 atom stereocenters. The number of phenolic OH excluding ortho intramolecular Hbond substituents is 1. The van der Waals surface area contributed by atoms with Crippen LogP contribution in [0, 0.1) is 11.3 Å². The normalized spacial score (nSPS) is 13.8. The number of nitrogens with one attached hydrogen (secondary N) is 1. The quantitative estimate of drug-likeness (QED) is 0.750. The lowest BCUT2D eigenvalue weighted by atomic mass is 9.81. The van der Waals surface area contributed by atoms with Gasteiger partial charge in [0.05, 0.1) is 18.5 Å². The number of benzene rings is 1. The number of phenols is 1. The van der Waals surface area contributed by atoms with Crippen molar-refractivity contribution in [3.8, 4) is 40.1 Å². The molecule has 0 aliphatic heterocycles. The zero-order valence-electron chi connectivity index (χ0n) is 14.1. The maximum absolute atomic E-state index is 10.2. The van der Waals surface area contributed by atoms with Crippen LogP contribution in [0.3, 0.4) is 0 Å². The van der Waals surface area contributed by atoms with Crippen molar-refractivity contribution in [1.82, 2.24) is 15.2 Å². The van der Waals surface area contributed by atoms with Crippen molar-refractivity contribution in [2.75, 3.05) is 7.11 Å². The molecule has 1 aliphatic rings. The average molecular weight is 332 g/mol. The molecule has 0 saturated carbocycles. The Bertz CT molecular complexity index is 1030. The Hall–Kier alpha value is -3.33. The number of hydrogen-bond acceptors (Lipinski definition) is 5. The van der Waals surface area contributed by atoms with Crippen LogP contribution in [0.4, 0.5) is 0 Å². The van der Waals surface area contributed by atoms with Crippen molar-refractivity contribution >= 4 is 0 Å². The predicted molar refractivity (Wildman–Crippen MR) is 92.3 cm³/mol. The summed E-state index contributed by atoms with van der Waals surface area (Å²) in [5, 5.41) is 26.7. The van der Waals surface area contributed by atoms with Crippen molar-refractivity contribution in [2.24, 2.45) is 0 Å². The number of nitriles is 1. The molecule has 0 spiro atoms. The maximum atomic E-state index is 10.2. The van der Waals surface area contributed by atoms with Gasteiger partial charge in [-0.1, -0.05) is 13.8 Å². The number of H-pyrrole nitrogens is 1. The second kappa shape index (κ2) is 5.08. The van der Waals surface area contributed by atoms with Gasteiger partial charge in [-0.15, -0.1) is 0 Å². The summed E-state index contributed by atoms with van der Waals surface area (Å²) >= 11 is 0. The first-order valence-corrected chi connectivity index (χ1v) is 7.84. The SMILES string of the molecule is COc1cc2c(cc1O)C(C)(C)c1c(-c3ccc(C#N)nc3)n[nH]c1-2. The fourth-order valence-electron chi connectivity index (χ4n) is 3.54. The van der Waals surface area contributed by atoms with Crippen LogP contribution in [0.5, 0.6) is 11.5 Å². The summed E-state index contributed by atoms with van der Waals surface area (Å²) in [6.45, 7) is 4.19. The molecule has 3 aromatic rings. The van der Waals surface area contributed by atoms with Gasteiger partial charge in [0.1, 0.15) is 11.8 Å². The Morgan fingerprint density at radius 1 is 1.28 bits per heavy atom. The van der Waals surface area contributed by atoms with Gasteiger partial charge >= 0.3 is 0 Å². The highest BCUT2D eigenvalue weighted by Gasteiger charge is 2.41. The Morgan fingerprint density at radius 2 is 2.08 bits per heavy atom. The predicted octanol–water partition coefficient (Wildman–Crippen LogP) is 3.36. The number of pyridine rings is 1. The second-order valence-corrected chi connectivity index (χ2v) is 6.56. The van der Waals surface area contributed by atoms with E-state index in [1.807, 2.05) is 18.2 Å². The molecule has 6 heteroatoms. The summed E-state index contributed by atoms with van der Waals surface area (Å²) in [6, 6.07) is 9.13. The van der Waals surface area contributed by atoms with Crippen LogP contribution < -0.4 is 4.74 Å². The molecule has 2 aromatic heterocycles. The molecule has 6 nitrogen and oxygen atoms in total. The fraction of sp³-hybridized carbons (Fsp3) is 0.211. The number of methoxy groups -OCH3 is 1. The average Bonchev–Trinajstić information content (AvgIpc) is 3.14. The molecule has 2 heterocycles. The van der Waals surface area contributed by atoms with Crippen LogP contribution in [0.2, 0.25) is 0 Å². The van der Waals surface area contributed by atoms with Gasteiger partial charge in [0.2, 0.25) is 0 Å². The Labute approximate surface area is 144 Å². The molecule has 0 radical (unpaired) electrons. The molecule has 0 saturated heterocycles. The molecule has 0 bridgehead atoms. The van der Waals surface area contributed by atoms with E-state index in [1.54, 1.807) is 18.3 Å². The van der Waals surface area contributed by atoms with Crippen molar-refractivity contribution in [2.45, 2.75) is 19.3 Å². The van der Waals surface area contributed by atoms with E-state index in [0.29, 0.717) is 11.4 Å². The largest absolute Gasteiger partial charge is 0.504 e. The number of fused-ring (bicyclic) bond motifs is 3. The molecule has 1 aliphatic carbocycles. The van der Waals surface area contributed by atoms with Crippen LogP contribution in [-0.2, 0) is 5.41 Å². The van der Waals surface area contributed by atoms with Crippen LogP contribution >= 0.6 is 0 Å². The van der Waals surface area contributed by atoms with Gasteiger partial charge in [0.25, 0.3) is 0 Å². The minimum Gasteiger partial charge on any atom is -0.504 e. The molecule has 4 rings (SSSR count). The van der Waals surface area contributed by atoms with E-state index in [0.717, 1.165) is 33.6 Å². The Balaban J connectivity index is 1.93. The Morgan fingerprint density at radius 3 is 2.72 bits per heavy atom. The molecule has 2 N–H and O–H groups in total. The summed E-state index contributed by atoms with van der Waals surface area (Å²) < 4.78 is 5.25. The molecule has 124 valence electrons. The molecule has 0 amide bonds. The van der Waals surface area contributed by atoms with Gasteiger partial charge in [-0.05, 0) is 29.8 Å². The molecule has 1 aromatic carbocycles. The summed E-state index contributed by atoms with van der Waals surface area (Å²) in [5.74, 6) is 0.549. The van der Waals surface area contributed by atoms with Crippen molar-refractivity contribution in [3.63, 3.8) is 0 Å². The summed E-state index contributed by atoms with van der Waals surface area (Å²) in [5.41, 5.74) is 5.60. The van der Waals surface area contributed by atoms with Gasteiger partial charge in [0.15, 0.2) is 11.5 Å². The first-order valence-electron chi connectivity index (χ1n) is 7.84. The number of hydrogen-bond donors (Lipinski definition) is 2. The highest BCUT2D eigenvalue weighted by molar-refractivity contribution is 5.86. The third-order valence-corrected chi connectivity index (χ3v) is 4.80. The van der Waals surface area contributed by atoms with Crippen molar-refractivity contribution < 1.29 is 9.84 Å². The summed E-state index contributed by atoms with van der Waals surface area (Å²) in [7, 11) is 1.53. The zero-order chi connectivity index (χ0) is 17.8. The topological polar surface area (TPSA) is 94.8 Å². The van der Waals surface area contributed by atoms with Crippen molar-refractivity contribution in [3.05, 3.63) is 47.3 Å². The van der Waals surface area contributed by atoms with E-state index in [4.69, 9.17) is 10.00 Å². The summed E-state index contributed by atoms with van der Waals surface area (Å²) in [6.07, 6.45) is 1.66. The fourth-order valence-corrected chi connectivity index (χ4v) is 3.54. The first kappa shape index (κ1) is 15.2.